The molecule has 0 aliphatic rings. The Labute approximate surface area is 150 Å². The number of halogens is 3. The molecule has 0 saturated carbocycles. The van der Waals surface area contributed by atoms with E-state index in [1.54, 1.807) is 31.2 Å². The van der Waals surface area contributed by atoms with E-state index in [4.69, 9.17) is 9.90 Å². The molecule has 2 rings (SSSR count). The molecule has 1 heterocycles. The average molecular weight is 387 g/mol. The number of aliphatic carboxylic acids is 2. The van der Waals surface area contributed by atoms with Crippen LogP contribution >= 0.6 is 0 Å². The van der Waals surface area contributed by atoms with Gasteiger partial charge < -0.3 is 20.5 Å². The number of carboxylic acids is 2. The van der Waals surface area contributed by atoms with Crippen molar-refractivity contribution in [3.8, 4) is 0 Å². The number of hydrogen-bond donors (Lipinski definition) is 4. The van der Waals surface area contributed by atoms with E-state index in [0.29, 0.717) is 5.56 Å². The summed E-state index contributed by atoms with van der Waals surface area (Å²) in [6, 6.07) is 8.88. The predicted octanol–water partition coefficient (Wildman–Crippen LogP) is 1.86. The number of carbonyl (C=O) groups is 2. The first-order valence-corrected chi connectivity index (χ1v) is 7.35. The highest BCUT2D eigenvalue weighted by atomic mass is 19.4. The zero-order chi connectivity index (χ0) is 20.7. The van der Waals surface area contributed by atoms with Gasteiger partial charge in [-0.25, -0.2) is 9.78 Å². The van der Waals surface area contributed by atoms with Gasteiger partial charge in [0.15, 0.2) is 5.82 Å². The van der Waals surface area contributed by atoms with Crippen molar-refractivity contribution in [2.75, 3.05) is 11.9 Å². The highest BCUT2D eigenvalue weighted by Gasteiger charge is 2.38. The second kappa shape index (κ2) is 8.83. The second-order valence-corrected chi connectivity index (χ2v) is 5.43. The van der Waals surface area contributed by atoms with Gasteiger partial charge in [0.05, 0.1) is 0 Å². The Morgan fingerprint density at radius 2 is 1.70 bits per heavy atom. The summed E-state index contributed by atoms with van der Waals surface area (Å²) >= 11 is 0. The molecule has 8 nitrogen and oxygen atoms in total. The van der Waals surface area contributed by atoms with Crippen molar-refractivity contribution in [1.29, 1.82) is 0 Å². The van der Waals surface area contributed by atoms with Crippen molar-refractivity contribution in [1.82, 2.24) is 9.97 Å². The minimum atomic E-state index is -5.08. The molecule has 27 heavy (non-hydrogen) atoms. The van der Waals surface area contributed by atoms with Gasteiger partial charge in [0.1, 0.15) is 5.41 Å². The van der Waals surface area contributed by atoms with Crippen molar-refractivity contribution in [2.24, 2.45) is 0 Å². The van der Waals surface area contributed by atoms with E-state index in [2.05, 4.69) is 15.3 Å². The minimum Gasteiger partial charge on any atom is -0.481 e. The van der Waals surface area contributed by atoms with E-state index < -0.39 is 23.5 Å². The van der Waals surface area contributed by atoms with Gasteiger partial charge in [-0.3, -0.25) is 9.59 Å². The molecule has 0 saturated heterocycles. The van der Waals surface area contributed by atoms with Crippen LogP contribution in [-0.2, 0) is 15.0 Å². The molecule has 11 heteroatoms. The highest BCUT2D eigenvalue weighted by molar-refractivity contribution is 5.81. The van der Waals surface area contributed by atoms with Crippen LogP contribution in [0.25, 0.3) is 0 Å². The summed E-state index contributed by atoms with van der Waals surface area (Å²) < 4.78 is 31.7. The van der Waals surface area contributed by atoms with Crippen LogP contribution in [-0.4, -0.2) is 44.8 Å². The fraction of sp³-hybridized carbons (Fsp3) is 0.250. The number of nitrogens with zero attached hydrogens (tertiary/aromatic N) is 1. The average Bonchev–Trinajstić information content (AvgIpc) is 2.61. The third-order valence-electron chi connectivity index (χ3n) is 3.44. The maximum atomic E-state index is 11.6. The molecule has 1 aromatic heterocycles. The number of anilines is 1. The van der Waals surface area contributed by atoms with Gasteiger partial charge in [0.2, 0.25) is 0 Å². The summed E-state index contributed by atoms with van der Waals surface area (Å²) in [4.78, 5) is 38.4. The zero-order valence-corrected chi connectivity index (χ0v) is 13.9. The lowest BCUT2D eigenvalue weighted by molar-refractivity contribution is -0.192. The fourth-order valence-corrected chi connectivity index (χ4v) is 1.85. The van der Waals surface area contributed by atoms with Gasteiger partial charge in [-0.05, 0) is 12.5 Å². The smallest absolute Gasteiger partial charge is 0.481 e. The number of carboxylic acid groups (broad SMARTS) is 2. The maximum Gasteiger partial charge on any atom is 0.490 e. The highest BCUT2D eigenvalue weighted by Crippen LogP contribution is 2.24. The van der Waals surface area contributed by atoms with Crippen LogP contribution in [0.1, 0.15) is 12.5 Å². The number of rotatable bonds is 5. The van der Waals surface area contributed by atoms with E-state index in [1.807, 2.05) is 6.07 Å². The van der Waals surface area contributed by atoms with Crippen LogP contribution in [0.15, 0.2) is 47.5 Å². The van der Waals surface area contributed by atoms with Crippen LogP contribution in [0.4, 0.5) is 19.0 Å². The summed E-state index contributed by atoms with van der Waals surface area (Å²) in [5.41, 5.74) is -0.869. The molecule has 0 aliphatic heterocycles. The molecular weight excluding hydrogens is 371 g/mol. The quantitative estimate of drug-likeness (QED) is 0.615. The monoisotopic (exact) mass is 387 g/mol. The minimum absolute atomic E-state index is 0.0619. The molecule has 1 aromatic carbocycles. The molecular formula is C16H16F3N3O5. The molecule has 0 aliphatic carbocycles. The molecule has 0 bridgehead atoms. The number of nitrogens with one attached hydrogen (secondary N) is 2. The van der Waals surface area contributed by atoms with Gasteiger partial charge in [0, 0.05) is 18.9 Å². The maximum absolute atomic E-state index is 11.6. The van der Waals surface area contributed by atoms with Gasteiger partial charge >= 0.3 is 18.1 Å². The van der Waals surface area contributed by atoms with Crippen LogP contribution in [0.3, 0.4) is 0 Å². The third kappa shape index (κ3) is 6.13. The number of aromatic amines is 1. The molecule has 1 atom stereocenters. The molecule has 2 aromatic rings. The van der Waals surface area contributed by atoms with E-state index in [9.17, 15) is 27.9 Å². The molecule has 1 unspecified atom stereocenters. The zero-order valence-electron chi connectivity index (χ0n) is 13.9. The molecule has 4 N–H and O–H groups in total. The van der Waals surface area contributed by atoms with Crippen LogP contribution in [0.2, 0.25) is 0 Å². The Bertz CT molecular complexity index is 839. The van der Waals surface area contributed by atoms with E-state index in [0.717, 1.165) is 0 Å². The van der Waals surface area contributed by atoms with Crippen molar-refractivity contribution in [3.63, 3.8) is 0 Å². The summed E-state index contributed by atoms with van der Waals surface area (Å²) in [7, 11) is 0. The molecule has 0 spiro atoms. The predicted molar refractivity (Wildman–Crippen MR) is 88.5 cm³/mol. The first-order chi connectivity index (χ1) is 12.5. The number of H-pyrrole nitrogens is 1. The van der Waals surface area contributed by atoms with Crippen LogP contribution in [0, 0.1) is 0 Å². The summed E-state index contributed by atoms with van der Waals surface area (Å²) in [5.74, 6) is -3.62. The van der Waals surface area contributed by atoms with Crippen molar-refractivity contribution in [3.05, 3.63) is 58.6 Å². The number of aromatic nitrogens is 2. The Hall–Kier alpha value is -3.37. The lowest BCUT2D eigenvalue weighted by Gasteiger charge is -2.25. The van der Waals surface area contributed by atoms with Crippen molar-refractivity contribution in [2.45, 2.75) is 18.5 Å². The second-order valence-electron chi connectivity index (χ2n) is 5.43. The molecule has 146 valence electrons. The van der Waals surface area contributed by atoms with E-state index >= 15 is 0 Å². The normalized spacial score (nSPS) is 12.9. The SMILES string of the molecule is CC(CNc1ncc[nH]c1=O)(C(=O)O)c1ccccc1.O=C(O)C(F)(F)F. The number of hydrogen-bond acceptors (Lipinski definition) is 5. The number of alkyl halides is 3. The lowest BCUT2D eigenvalue weighted by atomic mass is 9.82. The topological polar surface area (TPSA) is 132 Å². The van der Waals surface area contributed by atoms with Gasteiger partial charge in [-0.2, -0.15) is 13.2 Å². The van der Waals surface area contributed by atoms with Crippen LogP contribution in [0.5, 0.6) is 0 Å². The van der Waals surface area contributed by atoms with Crippen molar-refractivity contribution >= 4 is 17.8 Å². The van der Waals surface area contributed by atoms with Crippen LogP contribution < -0.4 is 10.9 Å². The van der Waals surface area contributed by atoms with Gasteiger partial charge in [-0.15, -0.1) is 0 Å². The van der Waals surface area contributed by atoms with Crippen molar-refractivity contribution < 1.29 is 33.0 Å². The van der Waals surface area contributed by atoms with E-state index in [-0.39, 0.29) is 17.9 Å². The largest absolute Gasteiger partial charge is 0.490 e. The third-order valence-corrected chi connectivity index (χ3v) is 3.44. The Morgan fingerprint density at radius 1 is 1.15 bits per heavy atom. The molecule has 0 radical (unpaired) electrons. The fourth-order valence-electron chi connectivity index (χ4n) is 1.85. The van der Waals surface area contributed by atoms with Gasteiger partial charge in [0.25, 0.3) is 5.56 Å². The number of benzene rings is 1. The summed E-state index contributed by atoms with van der Waals surface area (Å²) in [6.45, 7) is 1.67. The molecule has 0 fully saturated rings. The molecule has 0 amide bonds. The Kier molecular flexibility index (Phi) is 7.09. The standard InChI is InChI=1S/C14H15N3O3.C2HF3O2/c1-14(13(19)20,10-5-3-2-4-6-10)9-17-11-12(18)16-8-7-15-11;3-2(4,5)1(6)7/h2-8H,9H2,1H3,(H,15,17)(H,16,18)(H,19,20);(H,6,7). The Balaban J connectivity index is 0.000000445. The van der Waals surface area contributed by atoms with E-state index in [1.165, 1.54) is 12.4 Å². The summed E-state index contributed by atoms with van der Waals surface area (Å²) in [6.07, 6.45) is -2.23. The Morgan fingerprint density at radius 3 is 2.15 bits per heavy atom. The lowest BCUT2D eigenvalue weighted by Crippen LogP contribution is -2.40. The summed E-state index contributed by atoms with van der Waals surface area (Å²) in [5, 5.41) is 19.4. The first-order valence-electron chi connectivity index (χ1n) is 7.35. The van der Waals surface area contributed by atoms with Gasteiger partial charge in [-0.1, -0.05) is 30.3 Å². The first kappa shape index (κ1) is 21.7.